The predicted octanol–water partition coefficient (Wildman–Crippen LogP) is 4.59. The van der Waals surface area contributed by atoms with Crippen LogP contribution in [0.15, 0.2) is 75.4 Å². The fourth-order valence-electron chi connectivity index (χ4n) is 1.97. The average Bonchev–Trinajstić information content (AvgIpc) is 2.95. The lowest BCUT2D eigenvalue weighted by Crippen LogP contribution is -2.11. The van der Waals surface area contributed by atoms with Crippen LogP contribution in [0.5, 0.6) is 0 Å². The molecule has 1 amide bonds. The number of hydrogen-bond acceptors (Lipinski definition) is 3. The Morgan fingerprint density at radius 3 is 2.43 bits per heavy atom. The van der Waals surface area contributed by atoms with Gasteiger partial charge >= 0.3 is 0 Å². The summed E-state index contributed by atoms with van der Waals surface area (Å²) >= 11 is 4.94. The van der Waals surface area contributed by atoms with Gasteiger partial charge in [0.05, 0.1) is 0 Å². The molecule has 4 nitrogen and oxygen atoms in total. The number of imidazole rings is 1. The fraction of sp³-hybridized carbons (Fsp3) is 0.0588. The third-order valence-corrected chi connectivity index (χ3v) is 4.82. The van der Waals surface area contributed by atoms with Gasteiger partial charge in [-0.15, -0.1) is 0 Å². The molecule has 1 heterocycles. The van der Waals surface area contributed by atoms with Crippen molar-refractivity contribution in [3.8, 4) is 0 Å². The predicted molar refractivity (Wildman–Crippen MR) is 95.9 cm³/mol. The molecule has 1 N–H and O–H groups in total. The van der Waals surface area contributed by atoms with Gasteiger partial charge in [0, 0.05) is 40.1 Å². The van der Waals surface area contributed by atoms with Crippen LogP contribution in [0.1, 0.15) is 10.4 Å². The maximum absolute atomic E-state index is 12.2. The zero-order valence-electron chi connectivity index (χ0n) is 12.4. The Labute approximate surface area is 147 Å². The van der Waals surface area contributed by atoms with E-state index in [0.717, 1.165) is 20.2 Å². The minimum absolute atomic E-state index is 0.123. The van der Waals surface area contributed by atoms with Crippen molar-refractivity contribution in [3.05, 3.63) is 71.0 Å². The van der Waals surface area contributed by atoms with Crippen LogP contribution in [0.3, 0.4) is 0 Å². The molecule has 3 aromatic rings. The molecular formula is C17H14BrN3OS. The van der Waals surface area contributed by atoms with Crippen molar-refractivity contribution in [2.75, 3.05) is 5.32 Å². The number of halogens is 1. The molecule has 0 radical (unpaired) electrons. The van der Waals surface area contributed by atoms with Crippen molar-refractivity contribution in [2.45, 2.75) is 10.1 Å². The topological polar surface area (TPSA) is 46.9 Å². The molecule has 0 spiro atoms. The summed E-state index contributed by atoms with van der Waals surface area (Å²) in [5.41, 5.74) is 1.39. The Balaban J connectivity index is 1.66. The molecule has 0 saturated carbocycles. The van der Waals surface area contributed by atoms with Crippen LogP contribution in [0.25, 0.3) is 0 Å². The summed E-state index contributed by atoms with van der Waals surface area (Å²) in [6.45, 7) is 0. The number of hydrogen-bond donors (Lipinski definition) is 1. The highest BCUT2D eigenvalue weighted by Gasteiger charge is 2.07. The number of rotatable bonds is 4. The van der Waals surface area contributed by atoms with Gasteiger partial charge in [0.15, 0.2) is 5.16 Å². The third kappa shape index (κ3) is 4.03. The molecule has 3 rings (SSSR count). The largest absolute Gasteiger partial charge is 0.329 e. The summed E-state index contributed by atoms with van der Waals surface area (Å²) in [6, 6.07) is 15.0. The fourth-order valence-corrected chi connectivity index (χ4v) is 3.03. The lowest BCUT2D eigenvalue weighted by atomic mass is 10.2. The Bertz CT molecular complexity index is 813. The lowest BCUT2D eigenvalue weighted by molar-refractivity contribution is 0.102. The van der Waals surface area contributed by atoms with E-state index in [1.165, 1.54) is 0 Å². The normalized spacial score (nSPS) is 10.5. The lowest BCUT2D eigenvalue weighted by Gasteiger charge is -2.07. The zero-order valence-corrected chi connectivity index (χ0v) is 14.8. The van der Waals surface area contributed by atoms with Gasteiger partial charge < -0.3 is 9.88 Å². The van der Waals surface area contributed by atoms with E-state index in [2.05, 4.69) is 26.2 Å². The number of aromatic nitrogens is 2. The summed E-state index contributed by atoms with van der Waals surface area (Å²) < 4.78 is 2.91. The molecule has 23 heavy (non-hydrogen) atoms. The molecule has 0 unspecified atom stereocenters. The number of nitrogens with zero attached hydrogens (tertiary/aromatic N) is 2. The van der Waals surface area contributed by atoms with E-state index in [9.17, 15) is 4.79 Å². The van der Waals surface area contributed by atoms with Crippen LogP contribution in [0.2, 0.25) is 0 Å². The van der Waals surface area contributed by atoms with Crippen LogP contribution in [0.4, 0.5) is 5.69 Å². The number of carbonyl (C=O) groups excluding carboxylic acids is 1. The maximum atomic E-state index is 12.2. The summed E-state index contributed by atoms with van der Waals surface area (Å²) in [5.74, 6) is -0.123. The first-order valence-corrected chi connectivity index (χ1v) is 8.55. The minimum atomic E-state index is -0.123. The highest BCUT2D eigenvalue weighted by Crippen LogP contribution is 2.26. The van der Waals surface area contributed by atoms with Crippen molar-refractivity contribution < 1.29 is 4.79 Å². The maximum Gasteiger partial charge on any atom is 0.255 e. The number of nitrogens with one attached hydrogen (secondary N) is 1. The van der Waals surface area contributed by atoms with Crippen molar-refractivity contribution in [3.63, 3.8) is 0 Å². The molecule has 116 valence electrons. The molecule has 2 aromatic carbocycles. The summed E-state index contributed by atoms with van der Waals surface area (Å²) in [4.78, 5) is 17.5. The Hall–Kier alpha value is -2.05. The Morgan fingerprint density at radius 1 is 1.13 bits per heavy atom. The first-order valence-electron chi connectivity index (χ1n) is 6.94. The van der Waals surface area contributed by atoms with E-state index in [1.807, 2.05) is 54.2 Å². The molecule has 0 aliphatic carbocycles. The second-order valence-electron chi connectivity index (χ2n) is 4.91. The van der Waals surface area contributed by atoms with E-state index in [-0.39, 0.29) is 5.91 Å². The van der Waals surface area contributed by atoms with E-state index in [0.29, 0.717) is 5.56 Å². The summed E-state index contributed by atoms with van der Waals surface area (Å²) in [5, 5.41) is 3.82. The van der Waals surface area contributed by atoms with Gasteiger partial charge in [0.2, 0.25) is 0 Å². The number of amides is 1. The van der Waals surface area contributed by atoms with Crippen LogP contribution in [-0.4, -0.2) is 15.5 Å². The molecular weight excluding hydrogens is 374 g/mol. The molecule has 0 bridgehead atoms. The smallest absolute Gasteiger partial charge is 0.255 e. The quantitative estimate of drug-likeness (QED) is 0.712. The molecule has 0 atom stereocenters. The molecule has 0 aliphatic rings. The third-order valence-electron chi connectivity index (χ3n) is 3.20. The van der Waals surface area contributed by atoms with Gasteiger partial charge in [-0.2, -0.15) is 0 Å². The Morgan fingerprint density at radius 2 is 1.83 bits per heavy atom. The van der Waals surface area contributed by atoms with Crippen LogP contribution in [-0.2, 0) is 7.05 Å². The summed E-state index contributed by atoms with van der Waals surface area (Å²) in [7, 11) is 1.96. The zero-order chi connectivity index (χ0) is 16.2. The molecule has 0 fully saturated rings. The molecule has 6 heteroatoms. The highest BCUT2D eigenvalue weighted by molar-refractivity contribution is 9.10. The first kappa shape index (κ1) is 15.8. The summed E-state index contributed by atoms with van der Waals surface area (Å²) in [6.07, 6.45) is 3.68. The van der Waals surface area contributed by atoms with Crippen LogP contribution < -0.4 is 5.32 Å². The number of carbonyl (C=O) groups is 1. The van der Waals surface area contributed by atoms with Crippen molar-refractivity contribution in [1.82, 2.24) is 9.55 Å². The number of benzene rings is 2. The van der Waals surface area contributed by atoms with Gasteiger partial charge in [-0.25, -0.2) is 4.98 Å². The molecule has 0 aliphatic heterocycles. The average molecular weight is 388 g/mol. The van der Waals surface area contributed by atoms with Crippen molar-refractivity contribution in [2.24, 2.45) is 7.05 Å². The van der Waals surface area contributed by atoms with Gasteiger partial charge in [0.1, 0.15) is 0 Å². The van der Waals surface area contributed by atoms with Gasteiger partial charge in [-0.3, -0.25) is 4.79 Å². The van der Waals surface area contributed by atoms with Gasteiger partial charge in [-0.1, -0.05) is 27.7 Å². The second kappa shape index (κ2) is 7.02. The number of anilines is 1. The van der Waals surface area contributed by atoms with Gasteiger partial charge in [-0.05, 0) is 48.5 Å². The molecule has 0 saturated heterocycles. The van der Waals surface area contributed by atoms with Crippen molar-refractivity contribution in [1.29, 1.82) is 0 Å². The SMILES string of the molecule is Cn1ccnc1Sc1ccc(NC(=O)c2ccc(Br)cc2)cc1. The number of aryl methyl sites for hydroxylation is 1. The first-order chi connectivity index (χ1) is 11.1. The second-order valence-corrected chi connectivity index (χ2v) is 6.86. The minimum Gasteiger partial charge on any atom is -0.329 e. The standard InChI is InChI=1S/C17H14BrN3OS/c1-21-11-10-19-17(21)23-15-8-6-14(7-9-15)20-16(22)12-2-4-13(18)5-3-12/h2-11H,1H3,(H,20,22). The monoisotopic (exact) mass is 387 g/mol. The van der Waals surface area contributed by atoms with Crippen molar-refractivity contribution >= 4 is 39.3 Å². The van der Waals surface area contributed by atoms with Crippen LogP contribution in [0, 0.1) is 0 Å². The van der Waals surface area contributed by atoms with E-state index < -0.39 is 0 Å². The molecule has 1 aromatic heterocycles. The van der Waals surface area contributed by atoms with Gasteiger partial charge in [0.25, 0.3) is 5.91 Å². The highest BCUT2D eigenvalue weighted by atomic mass is 79.9. The van der Waals surface area contributed by atoms with E-state index in [1.54, 1.807) is 30.1 Å². The van der Waals surface area contributed by atoms with Crippen LogP contribution >= 0.6 is 27.7 Å². The van der Waals surface area contributed by atoms with E-state index in [4.69, 9.17) is 0 Å². The Kier molecular flexibility index (Phi) is 4.83. The van der Waals surface area contributed by atoms with E-state index >= 15 is 0 Å².